The van der Waals surface area contributed by atoms with Gasteiger partial charge in [-0.05, 0) is 11.5 Å². The molecule has 0 radical (unpaired) electrons. The molecule has 0 aliphatic carbocycles. The maximum Gasteiger partial charge on any atom is 0.314 e. The minimum absolute atomic E-state index is 0.292. The minimum atomic E-state index is -1.09. The van der Waals surface area contributed by atoms with Gasteiger partial charge in [-0.2, -0.15) is 0 Å². The molecule has 1 N–H and O–H groups in total. The molecule has 1 aromatic carbocycles. The highest BCUT2D eigenvalue weighted by Crippen LogP contribution is 2.28. The zero-order valence-electron chi connectivity index (χ0n) is 12.1. The third-order valence-electron chi connectivity index (χ3n) is 3.82. The Kier molecular flexibility index (Phi) is 3.66. The van der Waals surface area contributed by atoms with Crippen LogP contribution in [0.2, 0.25) is 0 Å². The number of rotatable bonds is 4. The summed E-state index contributed by atoms with van der Waals surface area (Å²) in [5.74, 6) is -2.46. The van der Waals surface area contributed by atoms with Crippen molar-refractivity contribution >= 4 is 11.8 Å². The molecule has 0 saturated carbocycles. The molecule has 22 heavy (non-hydrogen) atoms. The molecule has 1 aliphatic rings. The highest BCUT2D eigenvalue weighted by molar-refractivity contribution is 6.08. The molecule has 2 atom stereocenters. The summed E-state index contributed by atoms with van der Waals surface area (Å²) in [6.45, 7) is 2.49. The maximum atomic E-state index is 12.3. The van der Waals surface area contributed by atoms with E-state index in [1.54, 1.807) is 6.92 Å². The molecule has 2 aromatic rings. The molecule has 1 aromatic heterocycles. The summed E-state index contributed by atoms with van der Waals surface area (Å²) in [5, 5.41) is 13.4. The van der Waals surface area contributed by atoms with Crippen molar-refractivity contribution < 1.29 is 19.4 Å². The van der Waals surface area contributed by atoms with Crippen LogP contribution >= 0.6 is 0 Å². The van der Waals surface area contributed by atoms with E-state index in [2.05, 4.69) is 5.10 Å². The number of fused-ring (bicyclic) bond motifs is 1. The fourth-order valence-electron chi connectivity index (χ4n) is 2.68. The van der Waals surface area contributed by atoms with Gasteiger partial charge in [0.1, 0.15) is 18.2 Å². The fourth-order valence-corrected chi connectivity index (χ4v) is 2.68. The van der Waals surface area contributed by atoms with Crippen LogP contribution in [0.25, 0.3) is 0 Å². The predicted molar refractivity (Wildman–Crippen MR) is 77.6 cm³/mol. The molecule has 0 amide bonds. The lowest BCUT2D eigenvalue weighted by Crippen LogP contribution is -2.38. The smallest absolute Gasteiger partial charge is 0.314 e. The van der Waals surface area contributed by atoms with E-state index in [0.29, 0.717) is 24.7 Å². The third kappa shape index (κ3) is 2.59. The SMILES string of the molecule is CC1Cn2nc(OCc3ccccc3)cc2C(=O)C1C(=O)O. The highest BCUT2D eigenvalue weighted by Gasteiger charge is 2.39. The number of carbonyl (C=O) groups is 2. The molecule has 2 unspecified atom stereocenters. The monoisotopic (exact) mass is 300 g/mol. The highest BCUT2D eigenvalue weighted by atomic mass is 16.5. The second-order valence-electron chi connectivity index (χ2n) is 5.48. The topological polar surface area (TPSA) is 81.4 Å². The number of carboxylic acid groups (broad SMARTS) is 1. The zero-order chi connectivity index (χ0) is 15.7. The minimum Gasteiger partial charge on any atom is -0.481 e. The van der Waals surface area contributed by atoms with Crippen LogP contribution in [-0.4, -0.2) is 26.6 Å². The first-order chi connectivity index (χ1) is 10.6. The predicted octanol–water partition coefficient (Wildman–Crippen LogP) is 2.00. The number of aromatic nitrogens is 2. The molecule has 2 heterocycles. The number of benzene rings is 1. The Labute approximate surface area is 127 Å². The van der Waals surface area contributed by atoms with E-state index in [9.17, 15) is 14.7 Å². The van der Waals surface area contributed by atoms with Crippen LogP contribution in [0.4, 0.5) is 0 Å². The number of Topliss-reactive ketones (excluding diaryl/α,β-unsaturated/α-hetero) is 1. The normalized spacial score (nSPS) is 20.5. The first-order valence-corrected chi connectivity index (χ1v) is 7.08. The van der Waals surface area contributed by atoms with Crippen molar-refractivity contribution in [3.8, 4) is 5.88 Å². The van der Waals surface area contributed by atoms with E-state index in [1.807, 2.05) is 30.3 Å². The lowest BCUT2D eigenvalue weighted by atomic mass is 9.86. The van der Waals surface area contributed by atoms with Crippen molar-refractivity contribution in [1.82, 2.24) is 9.78 Å². The van der Waals surface area contributed by atoms with Gasteiger partial charge in [0.05, 0.1) is 0 Å². The van der Waals surface area contributed by atoms with Gasteiger partial charge in [-0.15, -0.1) is 5.10 Å². The zero-order valence-corrected chi connectivity index (χ0v) is 12.1. The Balaban J connectivity index is 1.78. The summed E-state index contributed by atoms with van der Waals surface area (Å²) in [6.07, 6.45) is 0. The van der Waals surface area contributed by atoms with E-state index in [4.69, 9.17) is 4.74 Å². The van der Waals surface area contributed by atoms with Gasteiger partial charge in [-0.1, -0.05) is 37.3 Å². The summed E-state index contributed by atoms with van der Waals surface area (Å²) in [5.41, 5.74) is 1.30. The Morgan fingerprint density at radius 2 is 2.14 bits per heavy atom. The van der Waals surface area contributed by atoms with Crippen molar-refractivity contribution in [2.45, 2.75) is 20.1 Å². The van der Waals surface area contributed by atoms with Crippen LogP contribution in [0.5, 0.6) is 5.88 Å². The van der Waals surface area contributed by atoms with E-state index in [0.717, 1.165) is 5.56 Å². The molecule has 1 aliphatic heterocycles. The molecule has 3 rings (SSSR count). The number of carboxylic acids is 1. The van der Waals surface area contributed by atoms with Crippen LogP contribution in [0.1, 0.15) is 23.0 Å². The Morgan fingerprint density at radius 3 is 2.82 bits per heavy atom. The van der Waals surface area contributed by atoms with Gasteiger partial charge in [0, 0.05) is 12.6 Å². The number of carbonyl (C=O) groups excluding carboxylic acids is 1. The van der Waals surface area contributed by atoms with Crippen LogP contribution in [0, 0.1) is 11.8 Å². The number of ketones is 1. The number of aliphatic carboxylic acids is 1. The van der Waals surface area contributed by atoms with Gasteiger partial charge in [-0.25, -0.2) is 0 Å². The lowest BCUT2D eigenvalue weighted by Gasteiger charge is -2.24. The summed E-state index contributed by atoms with van der Waals surface area (Å²) in [4.78, 5) is 23.5. The second-order valence-corrected chi connectivity index (χ2v) is 5.48. The summed E-state index contributed by atoms with van der Waals surface area (Å²) < 4.78 is 7.13. The summed E-state index contributed by atoms with van der Waals surface area (Å²) in [6, 6.07) is 11.1. The Hall–Kier alpha value is -2.63. The van der Waals surface area contributed by atoms with Gasteiger partial charge >= 0.3 is 5.97 Å². The van der Waals surface area contributed by atoms with Crippen LogP contribution < -0.4 is 4.74 Å². The molecule has 0 spiro atoms. The molecule has 0 fully saturated rings. The molecule has 0 bridgehead atoms. The average molecular weight is 300 g/mol. The summed E-state index contributed by atoms with van der Waals surface area (Å²) in [7, 11) is 0. The van der Waals surface area contributed by atoms with Crippen molar-refractivity contribution in [1.29, 1.82) is 0 Å². The molecular weight excluding hydrogens is 284 g/mol. The quantitative estimate of drug-likeness (QED) is 0.873. The largest absolute Gasteiger partial charge is 0.481 e. The molecule has 114 valence electrons. The van der Waals surface area contributed by atoms with Crippen LogP contribution in [0.15, 0.2) is 36.4 Å². The van der Waals surface area contributed by atoms with Crippen LogP contribution in [0.3, 0.4) is 0 Å². The number of ether oxygens (including phenoxy) is 1. The average Bonchev–Trinajstić information content (AvgIpc) is 2.89. The van der Waals surface area contributed by atoms with E-state index >= 15 is 0 Å². The van der Waals surface area contributed by atoms with Gasteiger partial charge in [-0.3, -0.25) is 14.3 Å². The summed E-state index contributed by atoms with van der Waals surface area (Å²) >= 11 is 0. The van der Waals surface area contributed by atoms with Gasteiger partial charge in [0.2, 0.25) is 5.88 Å². The van der Waals surface area contributed by atoms with Gasteiger partial charge in [0.25, 0.3) is 0 Å². The van der Waals surface area contributed by atoms with Crippen LogP contribution in [-0.2, 0) is 17.9 Å². The maximum absolute atomic E-state index is 12.3. The number of hydrogen-bond acceptors (Lipinski definition) is 4. The fraction of sp³-hybridized carbons (Fsp3) is 0.312. The molecule has 6 nitrogen and oxygen atoms in total. The molecule has 0 saturated heterocycles. The first-order valence-electron chi connectivity index (χ1n) is 7.08. The van der Waals surface area contributed by atoms with E-state index in [1.165, 1.54) is 10.7 Å². The lowest BCUT2D eigenvalue weighted by molar-refractivity contribution is -0.141. The number of hydrogen-bond donors (Lipinski definition) is 1. The first kappa shape index (κ1) is 14.3. The van der Waals surface area contributed by atoms with E-state index < -0.39 is 17.7 Å². The van der Waals surface area contributed by atoms with Crippen molar-refractivity contribution in [3.63, 3.8) is 0 Å². The molecular formula is C16H16N2O4. The van der Waals surface area contributed by atoms with Gasteiger partial charge in [0.15, 0.2) is 5.78 Å². The van der Waals surface area contributed by atoms with Crippen molar-refractivity contribution in [2.24, 2.45) is 11.8 Å². The van der Waals surface area contributed by atoms with Crippen molar-refractivity contribution in [3.05, 3.63) is 47.7 Å². The standard InChI is InChI=1S/C16H16N2O4/c1-10-8-18-12(15(19)14(10)16(20)21)7-13(17-18)22-9-11-5-3-2-4-6-11/h2-7,10,14H,8-9H2,1H3,(H,20,21). The van der Waals surface area contributed by atoms with Gasteiger partial charge < -0.3 is 9.84 Å². The third-order valence-corrected chi connectivity index (χ3v) is 3.82. The second kappa shape index (κ2) is 5.63. The Morgan fingerprint density at radius 1 is 1.41 bits per heavy atom. The van der Waals surface area contributed by atoms with Crippen molar-refractivity contribution in [2.75, 3.05) is 0 Å². The van der Waals surface area contributed by atoms with E-state index in [-0.39, 0.29) is 5.92 Å². The number of nitrogens with zero attached hydrogens (tertiary/aromatic N) is 2. The molecule has 6 heteroatoms. The Bertz CT molecular complexity index is 708.